The number of nitro groups is 1. The zero-order valence-electron chi connectivity index (χ0n) is 18.4. The fraction of sp³-hybridized carbons (Fsp3) is 0.333. The van der Waals surface area contributed by atoms with Crippen molar-refractivity contribution in [3.05, 3.63) is 69.6 Å². The summed E-state index contributed by atoms with van der Waals surface area (Å²) in [4.78, 5) is 30.6. The van der Waals surface area contributed by atoms with Gasteiger partial charge in [0, 0.05) is 36.0 Å². The number of aromatic nitrogens is 1. The maximum Gasteiger partial charge on any atom is 0.293 e. The van der Waals surface area contributed by atoms with Crippen LogP contribution in [0.3, 0.4) is 0 Å². The number of oxazole rings is 1. The number of carbonyl (C=O) groups is 1. The first-order chi connectivity index (χ1) is 15.3. The first kappa shape index (κ1) is 21.5. The minimum Gasteiger partial charge on any atom is -0.441 e. The molecule has 166 valence electrons. The number of hydrogen-bond acceptors (Lipinski definition) is 6. The molecule has 1 aliphatic rings. The predicted octanol–water partition coefficient (Wildman–Crippen LogP) is 5.36. The molecule has 1 amide bonds. The van der Waals surface area contributed by atoms with Crippen molar-refractivity contribution in [1.82, 2.24) is 4.98 Å². The second-order valence-electron chi connectivity index (χ2n) is 8.35. The van der Waals surface area contributed by atoms with Gasteiger partial charge in [0.15, 0.2) is 0 Å². The second-order valence-corrected chi connectivity index (χ2v) is 8.35. The Kier molecular flexibility index (Phi) is 5.94. The number of nitrogens with one attached hydrogen (secondary N) is 1. The largest absolute Gasteiger partial charge is 0.441 e. The maximum atomic E-state index is 12.8. The van der Waals surface area contributed by atoms with Crippen LogP contribution in [-0.4, -0.2) is 28.9 Å². The Morgan fingerprint density at radius 1 is 1.25 bits per heavy atom. The third-order valence-corrected chi connectivity index (χ3v) is 5.83. The number of hydrogen-bond donors (Lipinski definition) is 1. The highest BCUT2D eigenvalue weighted by Crippen LogP contribution is 2.33. The van der Waals surface area contributed by atoms with E-state index in [2.05, 4.69) is 17.2 Å². The molecule has 0 saturated carbocycles. The van der Waals surface area contributed by atoms with Crippen molar-refractivity contribution in [2.75, 3.05) is 23.3 Å². The number of piperidine rings is 1. The molecular formula is C24H26N4O4. The van der Waals surface area contributed by atoms with Crippen LogP contribution in [0.15, 0.2) is 46.9 Å². The lowest BCUT2D eigenvalue weighted by molar-refractivity contribution is -0.384. The van der Waals surface area contributed by atoms with E-state index in [1.165, 1.54) is 6.07 Å². The number of benzene rings is 2. The Hall–Kier alpha value is -3.68. The topological polar surface area (TPSA) is 102 Å². The van der Waals surface area contributed by atoms with Gasteiger partial charge in [-0.2, -0.15) is 0 Å². The van der Waals surface area contributed by atoms with E-state index in [9.17, 15) is 14.9 Å². The van der Waals surface area contributed by atoms with Crippen LogP contribution >= 0.6 is 0 Å². The molecule has 3 aromatic rings. The number of nitro benzene ring substituents is 1. The molecule has 1 atom stereocenters. The molecule has 4 rings (SSSR count). The molecule has 1 saturated heterocycles. The number of aryl methyl sites for hydroxylation is 2. The number of rotatable bonds is 5. The van der Waals surface area contributed by atoms with Crippen LogP contribution in [0.5, 0.6) is 0 Å². The van der Waals surface area contributed by atoms with Gasteiger partial charge in [-0.1, -0.05) is 13.0 Å². The first-order valence-electron chi connectivity index (χ1n) is 10.7. The number of nitrogens with zero attached hydrogens (tertiary/aromatic N) is 3. The minimum atomic E-state index is -0.417. The lowest BCUT2D eigenvalue weighted by Crippen LogP contribution is -2.34. The van der Waals surface area contributed by atoms with Gasteiger partial charge in [-0.05, 0) is 62.9 Å². The summed E-state index contributed by atoms with van der Waals surface area (Å²) in [7, 11) is 0. The summed E-state index contributed by atoms with van der Waals surface area (Å²) in [6.07, 6.45) is 2.12. The summed E-state index contributed by atoms with van der Waals surface area (Å²) < 4.78 is 5.66. The average molecular weight is 434 g/mol. The van der Waals surface area contributed by atoms with Crippen molar-refractivity contribution in [3.8, 4) is 11.5 Å². The number of anilines is 2. The summed E-state index contributed by atoms with van der Waals surface area (Å²) >= 11 is 0. The normalized spacial score (nSPS) is 16.1. The second kappa shape index (κ2) is 8.82. The van der Waals surface area contributed by atoms with Gasteiger partial charge < -0.3 is 14.6 Å². The van der Waals surface area contributed by atoms with Gasteiger partial charge in [0.1, 0.15) is 11.4 Å². The Morgan fingerprint density at radius 3 is 2.75 bits per heavy atom. The smallest absolute Gasteiger partial charge is 0.293 e. The molecule has 8 nitrogen and oxygen atoms in total. The monoisotopic (exact) mass is 434 g/mol. The molecule has 1 aliphatic heterocycles. The van der Waals surface area contributed by atoms with Crippen molar-refractivity contribution in [2.24, 2.45) is 5.92 Å². The Labute approximate surface area is 186 Å². The van der Waals surface area contributed by atoms with Gasteiger partial charge in [-0.15, -0.1) is 0 Å². The molecular weight excluding hydrogens is 408 g/mol. The number of amides is 1. The minimum absolute atomic E-state index is 0.0498. The van der Waals surface area contributed by atoms with E-state index in [1.54, 1.807) is 30.3 Å². The van der Waals surface area contributed by atoms with Gasteiger partial charge in [0.05, 0.1) is 10.6 Å². The van der Waals surface area contributed by atoms with E-state index in [0.717, 1.165) is 42.9 Å². The molecule has 1 fully saturated rings. The van der Waals surface area contributed by atoms with E-state index < -0.39 is 10.8 Å². The van der Waals surface area contributed by atoms with Gasteiger partial charge in [0.25, 0.3) is 11.6 Å². The lowest BCUT2D eigenvalue weighted by Gasteiger charge is -2.32. The maximum absolute atomic E-state index is 12.8. The molecule has 0 bridgehead atoms. The highest BCUT2D eigenvalue weighted by atomic mass is 16.6. The highest BCUT2D eigenvalue weighted by molar-refractivity contribution is 6.05. The summed E-state index contributed by atoms with van der Waals surface area (Å²) in [5.74, 6) is 1.29. The first-order valence-corrected chi connectivity index (χ1v) is 10.7. The van der Waals surface area contributed by atoms with Crippen LogP contribution < -0.4 is 10.2 Å². The standard InChI is InChI=1S/C24H26N4O4/c1-15-6-5-11-27(14-15)21-10-9-18(13-22(21)28(30)31)23(29)26-20-8-4-7-19(12-20)24-25-16(2)17(3)32-24/h4,7-10,12-13,15H,5-6,11,14H2,1-3H3,(H,26,29). The summed E-state index contributed by atoms with van der Waals surface area (Å²) in [5.41, 5.74) is 2.85. The zero-order chi connectivity index (χ0) is 22.8. The molecule has 0 spiro atoms. The van der Waals surface area contributed by atoms with Crippen molar-refractivity contribution in [3.63, 3.8) is 0 Å². The van der Waals surface area contributed by atoms with Crippen LogP contribution in [0, 0.1) is 29.9 Å². The Balaban J connectivity index is 1.56. The quantitative estimate of drug-likeness (QED) is 0.429. The van der Waals surface area contributed by atoms with Crippen LogP contribution in [0.2, 0.25) is 0 Å². The van der Waals surface area contributed by atoms with Crippen LogP contribution in [0.4, 0.5) is 17.1 Å². The molecule has 2 heterocycles. The summed E-state index contributed by atoms with van der Waals surface area (Å²) in [5, 5.41) is 14.6. The van der Waals surface area contributed by atoms with Gasteiger partial charge in [0.2, 0.25) is 5.89 Å². The van der Waals surface area contributed by atoms with E-state index in [1.807, 2.05) is 24.8 Å². The van der Waals surface area contributed by atoms with E-state index in [4.69, 9.17) is 4.42 Å². The molecule has 0 radical (unpaired) electrons. The fourth-order valence-electron chi connectivity index (χ4n) is 4.02. The van der Waals surface area contributed by atoms with Crippen molar-refractivity contribution >= 4 is 23.0 Å². The van der Waals surface area contributed by atoms with Crippen molar-refractivity contribution < 1.29 is 14.1 Å². The van der Waals surface area contributed by atoms with E-state index in [0.29, 0.717) is 23.2 Å². The third kappa shape index (κ3) is 4.49. The average Bonchev–Trinajstić information content (AvgIpc) is 3.12. The van der Waals surface area contributed by atoms with Crippen LogP contribution in [0.1, 0.15) is 41.6 Å². The van der Waals surface area contributed by atoms with Crippen LogP contribution in [0.25, 0.3) is 11.5 Å². The highest BCUT2D eigenvalue weighted by Gasteiger charge is 2.25. The zero-order valence-corrected chi connectivity index (χ0v) is 18.4. The summed E-state index contributed by atoms with van der Waals surface area (Å²) in [6, 6.07) is 11.8. The summed E-state index contributed by atoms with van der Waals surface area (Å²) in [6.45, 7) is 7.42. The third-order valence-electron chi connectivity index (χ3n) is 5.83. The molecule has 1 aromatic heterocycles. The van der Waals surface area contributed by atoms with Crippen molar-refractivity contribution in [2.45, 2.75) is 33.6 Å². The van der Waals surface area contributed by atoms with Gasteiger partial charge in [-0.25, -0.2) is 4.98 Å². The Morgan fingerprint density at radius 2 is 2.06 bits per heavy atom. The molecule has 8 heteroatoms. The van der Waals surface area contributed by atoms with E-state index in [-0.39, 0.29) is 11.3 Å². The lowest BCUT2D eigenvalue weighted by atomic mass is 9.99. The molecule has 2 aromatic carbocycles. The SMILES string of the molecule is Cc1nc(-c2cccc(NC(=O)c3ccc(N4CCCC(C)C4)c([N+](=O)[O-])c3)c2)oc1C. The van der Waals surface area contributed by atoms with Crippen LogP contribution in [-0.2, 0) is 0 Å². The molecule has 1 N–H and O–H groups in total. The van der Waals surface area contributed by atoms with E-state index >= 15 is 0 Å². The van der Waals surface area contributed by atoms with Crippen molar-refractivity contribution in [1.29, 1.82) is 0 Å². The molecule has 1 unspecified atom stereocenters. The fourth-order valence-corrected chi connectivity index (χ4v) is 4.02. The molecule has 32 heavy (non-hydrogen) atoms. The predicted molar refractivity (Wildman–Crippen MR) is 123 cm³/mol. The van der Waals surface area contributed by atoms with Gasteiger partial charge >= 0.3 is 0 Å². The van der Waals surface area contributed by atoms with Gasteiger partial charge in [-0.3, -0.25) is 14.9 Å². The Bertz CT molecular complexity index is 1150. The number of carbonyl (C=O) groups excluding carboxylic acids is 1. The molecule has 0 aliphatic carbocycles.